The predicted octanol–water partition coefficient (Wildman–Crippen LogP) is 2.54. The number of benzene rings is 1. The zero-order valence-electron chi connectivity index (χ0n) is 14.3. The molecule has 0 saturated heterocycles. The highest BCUT2D eigenvalue weighted by molar-refractivity contribution is 7.89. The first-order chi connectivity index (χ1) is 11.4. The fraction of sp³-hybridized carbons (Fsp3) is 0.438. The van der Waals surface area contributed by atoms with Gasteiger partial charge in [0.25, 0.3) is 0 Å². The summed E-state index contributed by atoms with van der Waals surface area (Å²) in [5.74, 6) is -0.654. The number of hydrogen-bond donors (Lipinski definition) is 2. The van der Waals surface area contributed by atoms with Gasteiger partial charge < -0.3 is 5.73 Å². The highest BCUT2D eigenvalue weighted by atomic mass is 35.5. The molecule has 1 aromatic heterocycles. The summed E-state index contributed by atoms with van der Waals surface area (Å²) in [6, 6.07) is 3.42. The van der Waals surface area contributed by atoms with Crippen molar-refractivity contribution < 1.29 is 12.8 Å². The molecule has 0 aliphatic carbocycles. The molecule has 2 rings (SSSR count). The number of sulfonamides is 1. The van der Waals surface area contributed by atoms with Gasteiger partial charge in [0.1, 0.15) is 11.5 Å². The van der Waals surface area contributed by atoms with Crippen LogP contribution in [-0.4, -0.2) is 30.8 Å². The van der Waals surface area contributed by atoms with Crippen molar-refractivity contribution in [3.8, 4) is 5.69 Å². The second kappa shape index (κ2) is 9.28. The maximum Gasteiger partial charge on any atom is 0.240 e. The summed E-state index contributed by atoms with van der Waals surface area (Å²) in [5.41, 5.74) is 6.70. The fourth-order valence-electron chi connectivity index (χ4n) is 2.35. The van der Waals surface area contributed by atoms with Gasteiger partial charge >= 0.3 is 0 Å². The molecular weight excluding hydrogens is 367 g/mol. The average molecular weight is 391 g/mol. The minimum absolute atomic E-state index is 0. The zero-order valence-corrected chi connectivity index (χ0v) is 15.9. The molecular formula is C16H24ClFN4O2S. The van der Waals surface area contributed by atoms with E-state index in [9.17, 15) is 12.8 Å². The van der Waals surface area contributed by atoms with E-state index in [1.54, 1.807) is 12.4 Å². The highest BCUT2D eigenvalue weighted by Gasteiger charge is 2.20. The lowest BCUT2D eigenvalue weighted by atomic mass is 10.1. The third-order valence-electron chi connectivity index (χ3n) is 3.70. The lowest BCUT2D eigenvalue weighted by molar-refractivity contribution is 0.515. The molecule has 2 aromatic rings. The molecule has 0 aliphatic rings. The van der Waals surface area contributed by atoms with E-state index in [0.29, 0.717) is 6.42 Å². The summed E-state index contributed by atoms with van der Waals surface area (Å²) < 4.78 is 43.1. The number of nitrogens with two attached hydrogens (primary N) is 1. The van der Waals surface area contributed by atoms with Crippen LogP contribution in [0.5, 0.6) is 0 Å². The normalized spacial score (nSPS) is 12.6. The number of halogens is 2. The number of unbranched alkanes of at least 4 members (excludes halogenated alkanes) is 1. The topological polar surface area (TPSA) is 90.0 Å². The number of rotatable bonds is 8. The first kappa shape index (κ1) is 21.6. The molecule has 0 amide bonds. The average Bonchev–Trinajstić information content (AvgIpc) is 2.97. The first-order valence-corrected chi connectivity index (χ1v) is 9.39. The molecule has 0 radical (unpaired) electrons. The Morgan fingerprint density at radius 1 is 1.40 bits per heavy atom. The number of aromatic nitrogens is 2. The molecule has 0 bridgehead atoms. The third kappa shape index (κ3) is 5.50. The zero-order chi connectivity index (χ0) is 17.7. The number of aryl methyl sites for hydroxylation is 1. The Bertz CT molecular complexity index is 795. The van der Waals surface area contributed by atoms with Gasteiger partial charge in [0, 0.05) is 18.8 Å². The van der Waals surface area contributed by atoms with Crippen LogP contribution in [0.3, 0.4) is 0 Å². The summed E-state index contributed by atoms with van der Waals surface area (Å²) >= 11 is 0. The molecule has 25 heavy (non-hydrogen) atoms. The minimum Gasteiger partial charge on any atom is -0.329 e. The van der Waals surface area contributed by atoms with Crippen LogP contribution in [0, 0.1) is 12.7 Å². The van der Waals surface area contributed by atoms with Gasteiger partial charge in [-0.2, -0.15) is 5.10 Å². The summed E-state index contributed by atoms with van der Waals surface area (Å²) in [7, 11) is -3.82. The molecule has 6 nitrogen and oxygen atoms in total. The smallest absolute Gasteiger partial charge is 0.240 e. The lowest BCUT2D eigenvalue weighted by Gasteiger charge is -2.17. The minimum atomic E-state index is -3.82. The SMILES string of the molecule is CCCCC(CN)NS(=O)(=O)c1ccc(-n2cc(C)cn2)c(F)c1.Cl. The maximum atomic E-state index is 14.3. The lowest BCUT2D eigenvalue weighted by Crippen LogP contribution is -2.40. The molecule has 1 aromatic carbocycles. The Hall–Kier alpha value is -1.48. The Labute approximate surface area is 154 Å². The molecule has 1 unspecified atom stereocenters. The van der Waals surface area contributed by atoms with E-state index in [-0.39, 0.29) is 35.6 Å². The van der Waals surface area contributed by atoms with Crippen LogP contribution < -0.4 is 10.5 Å². The summed E-state index contributed by atoms with van der Waals surface area (Å²) in [6.45, 7) is 4.06. The maximum absolute atomic E-state index is 14.3. The van der Waals surface area contributed by atoms with Gasteiger partial charge in [0.05, 0.1) is 11.1 Å². The van der Waals surface area contributed by atoms with Gasteiger partial charge in [-0.3, -0.25) is 0 Å². The molecule has 9 heteroatoms. The van der Waals surface area contributed by atoms with E-state index in [1.165, 1.54) is 16.8 Å². The van der Waals surface area contributed by atoms with Gasteiger partial charge in [0.15, 0.2) is 0 Å². The van der Waals surface area contributed by atoms with Crippen molar-refractivity contribution in [3.05, 3.63) is 42.0 Å². The van der Waals surface area contributed by atoms with Crippen molar-refractivity contribution in [2.45, 2.75) is 44.0 Å². The Morgan fingerprint density at radius 3 is 2.64 bits per heavy atom. The third-order valence-corrected chi connectivity index (χ3v) is 5.22. The standard InChI is InChI=1S/C16H23FN4O2S.ClH/c1-3-4-5-13(9-18)20-24(22,23)14-6-7-16(15(17)8-14)21-11-12(2)10-19-21;/h6-8,10-11,13,20H,3-5,9,18H2,1-2H3;1H. The van der Waals surface area contributed by atoms with Gasteiger partial charge in [-0.15, -0.1) is 12.4 Å². The number of nitrogens with zero attached hydrogens (tertiary/aromatic N) is 2. The van der Waals surface area contributed by atoms with Gasteiger partial charge in [-0.25, -0.2) is 22.2 Å². The molecule has 0 saturated carbocycles. The van der Waals surface area contributed by atoms with Gasteiger partial charge in [-0.05, 0) is 37.1 Å². The van der Waals surface area contributed by atoms with E-state index < -0.39 is 15.8 Å². The van der Waals surface area contributed by atoms with Crippen LogP contribution in [0.25, 0.3) is 5.69 Å². The second-order valence-corrected chi connectivity index (χ2v) is 7.49. The van der Waals surface area contributed by atoms with Crippen molar-refractivity contribution in [2.24, 2.45) is 5.73 Å². The highest BCUT2D eigenvalue weighted by Crippen LogP contribution is 2.19. The predicted molar refractivity (Wildman–Crippen MR) is 98.2 cm³/mol. The van der Waals surface area contributed by atoms with Crippen LogP contribution in [-0.2, 0) is 10.0 Å². The van der Waals surface area contributed by atoms with E-state index >= 15 is 0 Å². The molecule has 0 aliphatic heterocycles. The van der Waals surface area contributed by atoms with Crippen molar-refractivity contribution in [1.82, 2.24) is 14.5 Å². The summed E-state index contributed by atoms with van der Waals surface area (Å²) in [5, 5.41) is 4.03. The quantitative estimate of drug-likeness (QED) is 0.724. The molecule has 0 fully saturated rings. The van der Waals surface area contributed by atoms with Crippen molar-refractivity contribution in [1.29, 1.82) is 0 Å². The summed E-state index contributed by atoms with van der Waals surface area (Å²) in [6.07, 6.45) is 5.74. The molecule has 1 atom stereocenters. The summed E-state index contributed by atoms with van der Waals surface area (Å²) in [4.78, 5) is -0.123. The molecule has 3 N–H and O–H groups in total. The van der Waals surface area contributed by atoms with Crippen molar-refractivity contribution in [3.63, 3.8) is 0 Å². The van der Waals surface area contributed by atoms with Crippen LogP contribution >= 0.6 is 12.4 Å². The van der Waals surface area contributed by atoms with Gasteiger partial charge in [-0.1, -0.05) is 19.8 Å². The Kier molecular flexibility index (Phi) is 8.01. The van der Waals surface area contributed by atoms with E-state index in [1.807, 2.05) is 13.8 Å². The number of nitrogens with one attached hydrogen (secondary N) is 1. The Balaban J connectivity index is 0.00000312. The van der Waals surface area contributed by atoms with Crippen molar-refractivity contribution >= 4 is 22.4 Å². The van der Waals surface area contributed by atoms with Crippen LogP contribution in [0.1, 0.15) is 31.7 Å². The van der Waals surface area contributed by atoms with E-state index in [2.05, 4.69) is 9.82 Å². The second-order valence-electron chi connectivity index (χ2n) is 5.77. The number of hydrogen-bond acceptors (Lipinski definition) is 4. The fourth-order valence-corrected chi connectivity index (χ4v) is 3.64. The van der Waals surface area contributed by atoms with Gasteiger partial charge in [0.2, 0.25) is 10.0 Å². The first-order valence-electron chi connectivity index (χ1n) is 7.91. The van der Waals surface area contributed by atoms with E-state index in [4.69, 9.17) is 5.73 Å². The Morgan fingerprint density at radius 2 is 2.12 bits per heavy atom. The van der Waals surface area contributed by atoms with Crippen LogP contribution in [0.2, 0.25) is 0 Å². The molecule has 1 heterocycles. The van der Waals surface area contributed by atoms with E-state index in [0.717, 1.165) is 24.5 Å². The van der Waals surface area contributed by atoms with Crippen LogP contribution in [0.15, 0.2) is 35.5 Å². The van der Waals surface area contributed by atoms with Crippen LogP contribution in [0.4, 0.5) is 4.39 Å². The molecule has 0 spiro atoms. The van der Waals surface area contributed by atoms with Crippen molar-refractivity contribution in [2.75, 3.05) is 6.54 Å². The largest absolute Gasteiger partial charge is 0.329 e. The molecule has 140 valence electrons. The monoisotopic (exact) mass is 390 g/mol.